The first-order chi connectivity index (χ1) is 12.1. The first-order valence-corrected chi connectivity index (χ1v) is 7.91. The number of carbonyl (C=O) groups excluding carboxylic acids is 2. The lowest BCUT2D eigenvalue weighted by molar-refractivity contribution is -0.120. The van der Waals surface area contributed by atoms with Crippen LogP contribution in [0.5, 0.6) is 0 Å². The van der Waals surface area contributed by atoms with E-state index in [1.807, 2.05) is 32.9 Å². The molecule has 2 rings (SSSR count). The number of amides is 2. The molecule has 0 saturated heterocycles. The van der Waals surface area contributed by atoms with Crippen LogP contribution in [0.15, 0.2) is 24.3 Å². The molecule has 0 radical (unpaired) electrons. The molecular weight excluding hydrogens is 345 g/mol. The summed E-state index contributed by atoms with van der Waals surface area (Å²) in [5.74, 6) is -5.85. The minimum atomic E-state index is -1.70. The normalized spacial score (nSPS) is 10.6. The molecule has 1 N–H and O–H groups in total. The lowest BCUT2D eigenvalue weighted by Crippen LogP contribution is -2.37. The molecule has 0 aliphatic rings. The number of aryl methyl sites for hydroxylation is 3. The number of rotatable bonds is 4. The molecule has 0 aromatic heterocycles. The summed E-state index contributed by atoms with van der Waals surface area (Å²) in [6, 6.07) is 5.40. The van der Waals surface area contributed by atoms with Crippen LogP contribution in [0.1, 0.15) is 23.6 Å². The van der Waals surface area contributed by atoms with Gasteiger partial charge in [-0.25, -0.2) is 13.2 Å². The molecule has 0 aliphatic heterocycles. The van der Waals surface area contributed by atoms with Crippen molar-refractivity contribution in [2.75, 3.05) is 16.8 Å². The molecule has 7 heteroatoms. The molecule has 0 spiro atoms. The van der Waals surface area contributed by atoms with Crippen molar-refractivity contribution in [3.8, 4) is 0 Å². The Balaban J connectivity index is 2.28. The second-order valence-electron chi connectivity index (χ2n) is 6.12. The number of nitrogens with one attached hydrogen (secondary N) is 1. The summed E-state index contributed by atoms with van der Waals surface area (Å²) in [4.78, 5) is 24.9. The van der Waals surface area contributed by atoms with Crippen LogP contribution in [0.3, 0.4) is 0 Å². The Morgan fingerprint density at radius 1 is 1.00 bits per heavy atom. The van der Waals surface area contributed by atoms with Gasteiger partial charge in [-0.05, 0) is 44.0 Å². The predicted molar refractivity (Wildman–Crippen MR) is 93.6 cm³/mol. The van der Waals surface area contributed by atoms with Gasteiger partial charge >= 0.3 is 0 Å². The highest BCUT2D eigenvalue weighted by Gasteiger charge is 2.23. The van der Waals surface area contributed by atoms with Gasteiger partial charge in [0.15, 0.2) is 17.5 Å². The largest absolute Gasteiger partial charge is 0.324 e. The first-order valence-electron chi connectivity index (χ1n) is 7.91. The van der Waals surface area contributed by atoms with Crippen molar-refractivity contribution in [3.63, 3.8) is 0 Å². The Morgan fingerprint density at radius 3 is 2.12 bits per heavy atom. The average molecular weight is 364 g/mol. The molecule has 0 atom stereocenters. The molecule has 0 saturated carbocycles. The molecule has 2 amide bonds. The van der Waals surface area contributed by atoms with Crippen LogP contribution < -0.4 is 10.2 Å². The van der Waals surface area contributed by atoms with Crippen LogP contribution in [-0.4, -0.2) is 18.4 Å². The van der Waals surface area contributed by atoms with Crippen LogP contribution in [0.25, 0.3) is 0 Å². The monoisotopic (exact) mass is 364 g/mol. The van der Waals surface area contributed by atoms with E-state index >= 15 is 0 Å². The summed E-state index contributed by atoms with van der Waals surface area (Å²) in [5, 5.41) is 2.68. The summed E-state index contributed by atoms with van der Waals surface area (Å²) in [6.45, 7) is 6.15. The minimum absolute atomic E-state index is 0.496. The predicted octanol–water partition coefficient (Wildman–Crippen LogP) is 4.02. The van der Waals surface area contributed by atoms with Crippen LogP contribution >= 0.6 is 0 Å². The van der Waals surface area contributed by atoms with Gasteiger partial charge < -0.3 is 10.2 Å². The third-order valence-electron chi connectivity index (χ3n) is 3.93. The molecule has 26 heavy (non-hydrogen) atoms. The van der Waals surface area contributed by atoms with Crippen LogP contribution in [0.4, 0.5) is 24.5 Å². The number of anilines is 2. The smallest absolute Gasteiger partial charge is 0.244 e. The van der Waals surface area contributed by atoms with Crippen LogP contribution in [0.2, 0.25) is 0 Å². The molecule has 0 aliphatic carbocycles. The lowest BCUT2D eigenvalue weighted by Gasteiger charge is -2.22. The zero-order valence-electron chi connectivity index (χ0n) is 14.9. The number of carbonyl (C=O) groups is 2. The van der Waals surface area contributed by atoms with Gasteiger partial charge in [-0.1, -0.05) is 17.7 Å². The molecule has 0 bridgehead atoms. The molecule has 0 fully saturated rings. The van der Waals surface area contributed by atoms with E-state index in [9.17, 15) is 22.8 Å². The number of halogens is 3. The quantitative estimate of drug-likeness (QED) is 0.833. The maximum Gasteiger partial charge on any atom is 0.244 e. The van der Waals surface area contributed by atoms with Crippen molar-refractivity contribution < 1.29 is 22.8 Å². The van der Waals surface area contributed by atoms with Crippen molar-refractivity contribution in [2.45, 2.75) is 27.7 Å². The van der Waals surface area contributed by atoms with Crippen molar-refractivity contribution >= 4 is 23.2 Å². The van der Waals surface area contributed by atoms with Crippen molar-refractivity contribution in [1.82, 2.24) is 0 Å². The van der Waals surface area contributed by atoms with Gasteiger partial charge in [-0.15, -0.1) is 0 Å². The Bertz CT molecular complexity index is 858. The highest BCUT2D eigenvalue weighted by atomic mass is 19.2. The highest BCUT2D eigenvalue weighted by molar-refractivity contribution is 6.02. The summed E-state index contributed by atoms with van der Waals surface area (Å²) in [7, 11) is 0. The van der Waals surface area contributed by atoms with Gasteiger partial charge in [0.05, 0.1) is 5.69 Å². The lowest BCUT2D eigenvalue weighted by atomic mass is 10.1. The van der Waals surface area contributed by atoms with Crippen molar-refractivity contribution in [1.29, 1.82) is 0 Å². The average Bonchev–Trinajstić information content (AvgIpc) is 2.54. The molecule has 4 nitrogen and oxygen atoms in total. The maximum atomic E-state index is 14.0. The SMILES string of the molecule is CC(=O)N(CC(=O)Nc1c(C)cc(C)cc1C)c1ccc(F)c(F)c1F. The van der Waals surface area contributed by atoms with E-state index in [4.69, 9.17) is 0 Å². The molecule has 138 valence electrons. The van der Waals surface area contributed by atoms with E-state index in [-0.39, 0.29) is 0 Å². The zero-order valence-corrected chi connectivity index (χ0v) is 14.9. The van der Waals surface area contributed by atoms with Crippen LogP contribution in [-0.2, 0) is 9.59 Å². The van der Waals surface area contributed by atoms with Gasteiger partial charge in [-0.2, -0.15) is 0 Å². The van der Waals surface area contributed by atoms with Crippen molar-refractivity contribution in [3.05, 3.63) is 58.4 Å². The molecule has 2 aromatic rings. The van der Waals surface area contributed by atoms with Gasteiger partial charge in [0.1, 0.15) is 6.54 Å². The first kappa shape index (κ1) is 19.5. The van der Waals surface area contributed by atoms with Crippen molar-refractivity contribution in [2.24, 2.45) is 0 Å². The number of hydrogen-bond acceptors (Lipinski definition) is 2. The van der Waals surface area contributed by atoms with E-state index in [0.717, 1.165) is 34.6 Å². The summed E-state index contributed by atoms with van der Waals surface area (Å²) < 4.78 is 40.5. The Morgan fingerprint density at radius 2 is 1.58 bits per heavy atom. The zero-order chi connectivity index (χ0) is 19.6. The fourth-order valence-electron chi connectivity index (χ4n) is 2.79. The fraction of sp³-hybridized carbons (Fsp3) is 0.263. The van der Waals surface area contributed by atoms with E-state index in [0.29, 0.717) is 11.8 Å². The van der Waals surface area contributed by atoms with E-state index in [1.54, 1.807) is 0 Å². The second-order valence-corrected chi connectivity index (χ2v) is 6.12. The Hall–Kier alpha value is -2.83. The van der Waals surface area contributed by atoms with Gasteiger partial charge in [0, 0.05) is 12.6 Å². The van der Waals surface area contributed by atoms with Crippen LogP contribution in [0, 0.1) is 38.2 Å². The molecular formula is C19H19F3N2O2. The topological polar surface area (TPSA) is 49.4 Å². The summed E-state index contributed by atoms with van der Waals surface area (Å²) in [6.07, 6.45) is 0. The summed E-state index contributed by atoms with van der Waals surface area (Å²) in [5.41, 5.74) is 2.81. The minimum Gasteiger partial charge on any atom is -0.324 e. The molecule has 0 unspecified atom stereocenters. The number of nitrogens with zero attached hydrogens (tertiary/aromatic N) is 1. The van der Waals surface area contributed by atoms with E-state index in [2.05, 4.69) is 5.32 Å². The number of benzene rings is 2. The van der Waals surface area contributed by atoms with E-state index < -0.39 is 41.5 Å². The molecule has 0 heterocycles. The van der Waals surface area contributed by atoms with Gasteiger partial charge in [0.2, 0.25) is 11.8 Å². The van der Waals surface area contributed by atoms with E-state index in [1.165, 1.54) is 0 Å². The maximum absolute atomic E-state index is 14.0. The highest BCUT2D eigenvalue weighted by Crippen LogP contribution is 2.25. The standard InChI is InChI=1S/C19H19F3N2O2/c1-10-7-11(2)19(12(3)8-10)23-16(26)9-24(13(4)25)15-6-5-14(20)17(21)18(15)22/h5-8H,9H2,1-4H3,(H,23,26). The Kier molecular flexibility index (Phi) is 5.69. The Labute approximate surface area is 149 Å². The third kappa shape index (κ3) is 4.04. The second kappa shape index (κ2) is 7.59. The summed E-state index contributed by atoms with van der Waals surface area (Å²) >= 11 is 0. The molecule has 2 aromatic carbocycles. The van der Waals surface area contributed by atoms with Gasteiger partial charge in [0.25, 0.3) is 0 Å². The van der Waals surface area contributed by atoms with Gasteiger partial charge in [-0.3, -0.25) is 9.59 Å². The number of hydrogen-bond donors (Lipinski definition) is 1. The fourth-order valence-corrected chi connectivity index (χ4v) is 2.79. The third-order valence-corrected chi connectivity index (χ3v) is 3.93.